The quantitative estimate of drug-likeness (QED) is 0.793. The molecule has 0 spiro atoms. The van der Waals surface area contributed by atoms with E-state index in [1.807, 2.05) is 27.7 Å². The second kappa shape index (κ2) is 6.37. The number of amides is 2. The van der Waals surface area contributed by atoms with Gasteiger partial charge in [0.05, 0.1) is 6.04 Å². The first-order valence-corrected chi connectivity index (χ1v) is 7.64. The highest BCUT2D eigenvalue weighted by atomic mass is 16.4. The SMILES string of the molecule is Cc1cnc([C@@H]2CC[C@H](C)N2C(=O)[C@@H](NC(=O)O)C(C)C)[nH]1. The molecule has 7 heteroatoms. The van der Waals surface area contributed by atoms with Crippen molar-refractivity contribution in [3.8, 4) is 0 Å². The number of nitrogens with zero attached hydrogens (tertiary/aromatic N) is 2. The highest BCUT2D eigenvalue weighted by Gasteiger charge is 2.40. The predicted octanol–water partition coefficient (Wildman–Crippen LogP) is 2.06. The number of carboxylic acid groups (broad SMARTS) is 1. The highest BCUT2D eigenvalue weighted by Crippen LogP contribution is 2.35. The number of aryl methyl sites for hydroxylation is 1. The first kappa shape index (κ1) is 16.3. The molecule has 7 nitrogen and oxygen atoms in total. The molecule has 1 aliphatic heterocycles. The minimum Gasteiger partial charge on any atom is -0.465 e. The molecule has 0 bridgehead atoms. The van der Waals surface area contributed by atoms with Crippen molar-refractivity contribution in [3.05, 3.63) is 17.7 Å². The van der Waals surface area contributed by atoms with Gasteiger partial charge in [0.25, 0.3) is 0 Å². The van der Waals surface area contributed by atoms with Crippen LogP contribution in [0.25, 0.3) is 0 Å². The van der Waals surface area contributed by atoms with E-state index in [1.54, 1.807) is 11.1 Å². The smallest absolute Gasteiger partial charge is 0.405 e. The molecule has 1 saturated heterocycles. The van der Waals surface area contributed by atoms with Gasteiger partial charge in [-0.3, -0.25) is 4.79 Å². The van der Waals surface area contributed by atoms with Gasteiger partial charge < -0.3 is 20.3 Å². The first-order chi connectivity index (χ1) is 10.3. The lowest BCUT2D eigenvalue weighted by Crippen LogP contribution is -2.52. The van der Waals surface area contributed by atoms with Crippen molar-refractivity contribution in [2.24, 2.45) is 5.92 Å². The molecule has 3 N–H and O–H groups in total. The molecule has 2 rings (SSSR count). The number of carbonyl (C=O) groups excluding carboxylic acids is 1. The number of aromatic nitrogens is 2. The Kier molecular flexibility index (Phi) is 4.73. The molecule has 2 heterocycles. The molecule has 1 aromatic heterocycles. The Morgan fingerprint density at radius 2 is 2.14 bits per heavy atom. The van der Waals surface area contributed by atoms with Crippen LogP contribution in [0.15, 0.2) is 6.20 Å². The molecular formula is C15H24N4O3. The Hall–Kier alpha value is -2.05. The Morgan fingerprint density at radius 3 is 2.64 bits per heavy atom. The van der Waals surface area contributed by atoms with Gasteiger partial charge in [0, 0.05) is 17.9 Å². The molecule has 1 aromatic rings. The number of imidazole rings is 1. The molecule has 2 amide bonds. The lowest BCUT2D eigenvalue weighted by atomic mass is 10.0. The number of hydrogen-bond acceptors (Lipinski definition) is 3. The summed E-state index contributed by atoms with van der Waals surface area (Å²) in [6.07, 6.45) is 2.28. The summed E-state index contributed by atoms with van der Waals surface area (Å²) in [5.41, 5.74) is 0.950. The lowest BCUT2D eigenvalue weighted by molar-refractivity contribution is -0.137. The number of rotatable bonds is 4. The van der Waals surface area contributed by atoms with Crippen LogP contribution < -0.4 is 5.32 Å². The van der Waals surface area contributed by atoms with E-state index in [1.165, 1.54) is 0 Å². The molecule has 0 saturated carbocycles. The molecular weight excluding hydrogens is 284 g/mol. The van der Waals surface area contributed by atoms with Gasteiger partial charge in [-0.15, -0.1) is 0 Å². The fourth-order valence-corrected chi connectivity index (χ4v) is 3.03. The zero-order chi connectivity index (χ0) is 16.4. The van der Waals surface area contributed by atoms with Crippen molar-refractivity contribution in [3.63, 3.8) is 0 Å². The summed E-state index contributed by atoms with van der Waals surface area (Å²) in [6, 6.07) is -0.788. The Labute approximate surface area is 130 Å². The van der Waals surface area contributed by atoms with E-state index >= 15 is 0 Å². The van der Waals surface area contributed by atoms with Crippen LogP contribution in [0.4, 0.5) is 4.79 Å². The maximum atomic E-state index is 12.9. The van der Waals surface area contributed by atoms with Crippen molar-refractivity contribution < 1.29 is 14.7 Å². The molecule has 0 unspecified atom stereocenters. The number of nitrogens with one attached hydrogen (secondary N) is 2. The molecule has 122 valence electrons. The van der Waals surface area contributed by atoms with E-state index in [-0.39, 0.29) is 23.9 Å². The first-order valence-electron chi connectivity index (χ1n) is 7.64. The predicted molar refractivity (Wildman–Crippen MR) is 81.4 cm³/mol. The standard InChI is InChI=1S/C15H24N4O3/c1-8(2)12(18-15(21)22)14(20)19-10(4)5-6-11(19)13-16-7-9(3)17-13/h7-8,10-12,18H,5-6H2,1-4H3,(H,16,17)(H,21,22)/t10-,11-,12-/m0/s1. The third kappa shape index (κ3) is 3.23. The second-order valence-electron chi connectivity index (χ2n) is 6.31. The Bertz CT molecular complexity index is 555. The van der Waals surface area contributed by atoms with Gasteiger partial charge in [-0.1, -0.05) is 13.8 Å². The van der Waals surface area contributed by atoms with Gasteiger partial charge in [0.2, 0.25) is 5.91 Å². The highest BCUT2D eigenvalue weighted by molar-refractivity contribution is 5.86. The minimum atomic E-state index is -1.18. The average Bonchev–Trinajstić information content (AvgIpc) is 3.00. The van der Waals surface area contributed by atoms with Crippen molar-refractivity contribution in [1.29, 1.82) is 0 Å². The van der Waals surface area contributed by atoms with Crippen molar-refractivity contribution >= 4 is 12.0 Å². The van der Waals surface area contributed by atoms with Crippen LogP contribution in [0, 0.1) is 12.8 Å². The maximum absolute atomic E-state index is 12.9. The Morgan fingerprint density at radius 1 is 1.45 bits per heavy atom. The van der Waals surface area contributed by atoms with Crippen LogP contribution >= 0.6 is 0 Å². The van der Waals surface area contributed by atoms with E-state index in [2.05, 4.69) is 15.3 Å². The average molecular weight is 308 g/mol. The third-order valence-corrected chi connectivity index (χ3v) is 4.17. The Balaban J connectivity index is 2.25. The summed E-state index contributed by atoms with van der Waals surface area (Å²) < 4.78 is 0. The van der Waals surface area contributed by atoms with Crippen molar-refractivity contribution in [2.75, 3.05) is 0 Å². The molecule has 1 fully saturated rings. The largest absolute Gasteiger partial charge is 0.465 e. The van der Waals surface area contributed by atoms with Crippen LogP contribution in [-0.2, 0) is 4.79 Å². The molecule has 3 atom stereocenters. The van der Waals surface area contributed by atoms with E-state index < -0.39 is 12.1 Å². The van der Waals surface area contributed by atoms with Crippen molar-refractivity contribution in [2.45, 2.75) is 58.7 Å². The van der Waals surface area contributed by atoms with E-state index in [0.29, 0.717) is 0 Å². The summed E-state index contributed by atoms with van der Waals surface area (Å²) in [5, 5.41) is 11.3. The molecule has 0 radical (unpaired) electrons. The number of hydrogen-bond donors (Lipinski definition) is 3. The molecule has 1 aliphatic rings. The zero-order valence-electron chi connectivity index (χ0n) is 13.5. The van der Waals surface area contributed by atoms with Gasteiger partial charge in [0.15, 0.2) is 0 Å². The van der Waals surface area contributed by atoms with Gasteiger partial charge in [0.1, 0.15) is 11.9 Å². The molecule has 22 heavy (non-hydrogen) atoms. The third-order valence-electron chi connectivity index (χ3n) is 4.17. The maximum Gasteiger partial charge on any atom is 0.405 e. The van der Waals surface area contributed by atoms with Gasteiger partial charge in [-0.2, -0.15) is 0 Å². The molecule has 0 aliphatic carbocycles. The van der Waals surface area contributed by atoms with Crippen LogP contribution in [0.5, 0.6) is 0 Å². The topological polar surface area (TPSA) is 98.3 Å². The fourth-order valence-electron chi connectivity index (χ4n) is 3.03. The number of H-pyrrole nitrogens is 1. The van der Waals surface area contributed by atoms with Crippen LogP contribution in [0.3, 0.4) is 0 Å². The van der Waals surface area contributed by atoms with Crippen LogP contribution in [-0.4, -0.2) is 44.1 Å². The van der Waals surface area contributed by atoms with Gasteiger partial charge in [-0.05, 0) is 32.6 Å². The number of likely N-dealkylation sites (tertiary alicyclic amines) is 1. The number of aromatic amines is 1. The van der Waals surface area contributed by atoms with Crippen LogP contribution in [0.2, 0.25) is 0 Å². The summed E-state index contributed by atoms with van der Waals surface area (Å²) >= 11 is 0. The summed E-state index contributed by atoms with van der Waals surface area (Å²) in [4.78, 5) is 33.2. The summed E-state index contributed by atoms with van der Waals surface area (Å²) in [7, 11) is 0. The summed E-state index contributed by atoms with van der Waals surface area (Å²) in [5.74, 6) is 0.477. The number of carbonyl (C=O) groups is 2. The second-order valence-corrected chi connectivity index (χ2v) is 6.31. The van der Waals surface area contributed by atoms with Gasteiger partial charge in [-0.25, -0.2) is 9.78 Å². The summed E-state index contributed by atoms with van der Waals surface area (Å²) in [6.45, 7) is 7.59. The van der Waals surface area contributed by atoms with Crippen LogP contribution in [0.1, 0.15) is 51.2 Å². The lowest BCUT2D eigenvalue weighted by Gasteiger charge is -2.32. The molecule has 0 aromatic carbocycles. The van der Waals surface area contributed by atoms with E-state index in [9.17, 15) is 9.59 Å². The fraction of sp³-hybridized carbons (Fsp3) is 0.667. The monoisotopic (exact) mass is 308 g/mol. The van der Waals surface area contributed by atoms with E-state index in [4.69, 9.17) is 5.11 Å². The zero-order valence-corrected chi connectivity index (χ0v) is 13.5. The normalized spacial score (nSPS) is 22.9. The van der Waals surface area contributed by atoms with E-state index in [0.717, 1.165) is 24.4 Å². The minimum absolute atomic E-state index is 0.0692. The van der Waals surface area contributed by atoms with Gasteiger partial charge >= 0.3 is 6.09 Å². The van der Waals surface area contributed by atoms with Crippen molar-refractivity contribution in [1.82, 2.24) is 20.2 Å².